The number of hydrogen-bond acceptors (Lipinski definition) is 5. The van der Waals surface area contributed by atoms with E-state index < -0.39 is 0 Å². The lowest BCUT2D eigenvalue weighted by Crippen LogP contribution is -2.00. The molecule has 0 aliphatic heterocycles. The molecule has 266 valence electrons. The zero-order valence-electron chi connectivity index (χ0n) is 30.4. The first-order valence-corrected chi connectivity index (χ1v) is 19.8. The Morgan fingerprint density at radius 2 is 0.982 bits per heavy atom. The van der Waals surface area contributed by atoms with Gasteiger partial charge in [-0.2, -0.15) is 0 Å². The van der Waals surface area contributed by atoms with Gasteiger partial charge in [-0.15, -0.1) is 11.3 Å². The summed E-state index contributed by atoms with van der Waals surface area (Å²) in [6.45, 7) is 0. The minimum atomic E-state index is 0.586. The topological polar surface area (TPSA) is 56.7 Å². The van der Waals surface area contributed by atoms with Gasteiger partial charge in [-0.25, -0.2) is 15.0 Å². The third-order valence-electron chi connectivity index (χ3n) is 11.0. The Morgan fingerprint density at radius 3 is 1.68 bits per heavy atom. The molecule has 0 amide bonds. The summed E-state index contributed by atoms with van der Waals surface area (Å²) in [7, 11) is 0. The smallest absolute Gasteiger partial charge is 0.164 e. The van der Waals surface area contributed by atoms with Crippen molar-refractivity contribution in [3.05, 3.63) is 182 Å². The first-order valence-electron chi connectivity index (χ1n) is 19.0. The van der Waals surface area contributed by atoms with E-state index in [1.54, 1.807) is 0 Å². The largest absolute Gasteiger partial charge is 0.456 e. The number of thiophene rings is 1. The molecule has 0 atom stereocenters. The monoisotopic (exact) mass is 746 g/mol. The van der Waals surface area contributed by atoms with Crippen LogP contribution in [-0.2, 0) is 0 Å². The van der Waals surface area contributed by atoms with E-state index in [0.29, 0.717) is 17.5 Å². The van der Waals surface area contributed by atoms with E-state index >= 15 is 0 Å². The number of hydrogen-bond donors (Lipinski definition) is 0. The van der Waals surface area contributed by atoms with Gasteiger partial charge in [-0.05, 0) is 59.7 Å². The van der Waals surface area contributed by atoms with E-state index in [1.807, 2.05) is 78.1 Å². The van der Waals surface area contributed by atoms with Gasteiger partial charge in [0, 0.05) is 53.0 Å². The summed E-state index contributed by atoms with van der Waals surface area (Å²) < 4.78 is 11.9. The molecule has 4 aromatic heterocycles. The molecular weight excluding hydrogens is 717 g/mol. The molecule has 0 bridgehead atoms. The molecule has 0 unspecified atom stereocenters. The van der Waals surface area contributed by atoms with Crippen molar-refractivity contribution >= 4 is 75.3 Å². The van der Waals surface area contributed by atoms with Gasteiger partial charge in [0.05, 0.1) is 22.1 Å². The molecule has 0 N–H and O–H groups in total. The summed E-state index contributed by atoms with van der Waals surface area (Å²) >= 11 is 1.83. The maximum Gasteiger partial charge on any atom is 0.164 e. The Morgan fingerprint density at radius 1 is 0.386 bits per heavy atom. The highest BCUT2D eigenvalue weighted by molar-refractivity contribution is 7.25. The fraction of sp³-hybridized carbons (Fsp3) is 0. The predicted octanol–water partition coefficient (Wildman–Crippen LogP) is 13.9. The number of fused-ring (bicyclic) bond motifs is 9. The van der Waals surface area contributed by atoms with E-state index in [-0.39, 0.29) is 0 Å². The van der Waals surface area contributed by atoms with E-state index in [4.69, 9.17) is 19.4 Å². The SMILES string of the molecule is c1ccc(-c2nc(-c3ccccc3)nc(-c3cccc4oc5cc(-c6ccc7sc8ccccc8c7c6)cc(-n6c7ccccc7c7ccccc76)c5c34)n2)cc1. The van der Waals surface area contributed by atoms with Crippen LogP contribution in [-0.4, -0.2) is 19.5 Å². The van der Waals surface area contributed by atoms with Crippen molar-refractivity contribution in [3.8, 4) is 51.0 Å². The van der Waals surface area contributed by atoms with Crippen molar-refractivity contribution in [2.24, 2.45) is 0 Å². The van der Waals surface area contributed by atoms with E-state index in [0.717, 1.165) is 66.5 Å². The second-order valence-corrected chi connectivity index (χ2v) is 15.5. The normalized spacial score (nSPS) is 11.9. The van der Waals surface area contributed by atoms with Crippen LogP contribution in [0.3, 0.4) is 0 Å². The lowest BCUT2D eigenvalue weighted by molar-refractivity contribution is 0.669. The molecular formula is C51H30N4OS. The van der Waals surface area contributed by atoms with Gasteiger partial charge in [0.15, 0.2) is 17.5 Å². The number of aromatic nitrogens is 4. The van der Waals surface area contributed by atoms with Crippen LogP contribution in [0.25, 0.3) is 115 Å². The highest BCUT2D eigenvalue weighted by Gasteiger charge is 2.23. The first kappa shape index (κ1) is 31.9. The summed E-state index contributed by atoms with van der Waals surface area (Å²) in [5, 5.41) is 6.89. The lowest BCUT2D eigenvalue weighted by atomic mass is 9.98. The third kappa shape index (κ3) is 5.04. The molecule has 6 heteroatoms. The van der Waals surface area contributed by atoms with E-state index in [2.05, 4.69) is 120 Å². The Hall–Kier alpha value is -7.41. The summed E-state index contributed by atoms with van der Waals surface area (Å²) in [4.78, 5) is 15.3. The number of rotatable bonds is 5. The molecule has 0 radical (unpaired) electrons. The van der Waals surface area contributed by atoms with Crippen LogP contribution in [0.15, 0.2) is 186 Å². The summed E-state index contributed by atoms with van der Waals surface area (Å²) in [6.07, 6.45) is 0. The zero-order valence-corrected chi connectivity index (χ0v) is 31.2. The highest BCUT2D eigenvalue weighted by atomic mass is 32.1. The van der Waals surface area contributed by atoms with Crippen molar-refractivity contribution in [2.75, 3.05) is 0 Å². The summed E-state index contributed by atoms with van der Waals surface area (Å²) in [6, 6.07) is 63.8. The molecule has 4 heterocycles. The predicted molar refractivity (Wildman–Crippen MR) is 236 cm³/mol. The second kappa shape index (κ2) is 12.6. The van der Waals surface area contributed by atoms with Gasteiger partial charge in [-0.3, -0.25) is 0 Å². The van der Waals surface area contributed by atoms with Crippen LogP contribution in [0, 0.1) is 0 Å². The maximum absolute atomic E-state index is 6.93. The fourth-order valence-electron chi connectivity index (χ4n) is 8.47. The molecule has 0 fully saturated rings. The molecule has 0 spiro atoms. The van der Waals surface area contributed by atoms with Gasteiger partial charge in [-0.1, -0.05) is 133 Å². The fourth-order valence-corrected chi connectivity index (χ4v) is 9.56. The van der Waals surface area contributed by atoms with Crippen molar-refractivity contribution in [3.63, 3.8) is 0 Å². The first-order chi connectivity index (χ1) is 28.2. The minimum absolute atomic E-state index is 0.586. The Labute approximate surface area is 330 Å². The average Bonchev–Trinajstić information content (AvgIpc) is 3.96. The second-order valence-electron chi connectivity index (χ2n) is 14.4. The van der Waals surface area contributed by atoms with Crippen LogP contribution < -0.4 is 0 Å². The zero-order chi connectivity index (χ0) is 37.5. The Kier molecular flexibility index (Phi) is 7.03. The Bertz CT molecular complexity index is 3420. The molecule has 8 aromatic carbocycles. The van der Waals surface area contributed by atoms with Crippen molar-refractivity contribution in [2.45, 2.75) is 0 Å². The maximum atomic E-state index is 6.93. The standard InChI is InChI=1S/C51H30N4OS/c1-3-14-31(15-4-1)49-52-50(32-16-5-2-6-17-32)54-51(53-49)38-21-13-24-43-47(38)48-42(55-40-22-10-7-18-35(40)36-19-8-11-23-41(36)55)29-34(30-44(48)56-43)33-26-27-46-39(28-33)37-20-9-12-25-45(37)57-46/h1-30H. The number of para-hydroxylation sites is 2. The molecule has 0 saturated carbocycles. The van der Waals surface area contributed by atoms with Gasteiger partial charge >= 0.3 is 0 Å². The Balaban J connectivity index is 1.18. The van der Waals surface area contributed by atoms with Crippen LogP contribution >= 0.6 is 11.3 Å². The molecule has 0 aliphatic carbocycles. The summed E-state index contributed by atoms with van der Waals surface area (Å²) in [5.41, 5.74) is 9.78. The van der Waals surface area contributed by atoms with Crippen molar-refractivity contribution in [1.29, 1.82) is 0 Å². The van der Waals surface area contributed by atoms with Crippen molar-refractivity contribution < 1.29 is 4.42 Å². The summed E-state index contributed by atoms with van der Waals surface area (Å²) in [5.74, 6) is 1.82. The van der Waals surface area contributed by atoms with Gasteiger partial charge in [0.25, 0.3) is 0 Å². The minimum Gasteiger partial charge on any atom is -0.456 e. The third-order valence-corrected chi connectivity index (χ3v) is 12.2. The van der Waals surface area contributed by atoms with Crippen LogP contribution in [0.1, 0.15) is 0 Å². The number of nitrogens with zero attached hydrogens (tertiary/aromatic N) is 4. The van der Waals surface area contributed by atoms with Crippen LogP contribution in [0.5, 0.6) is 0 Å². The molecule has 0 saturated heterocycles. The highest BCUT2D eigenvalue weighted by Crippen LogP contribution is 2.45. The lowest BCUT2D eigenvalue weighted by Gasteiger charge is -2.14. The average molecular weight is 747 g/mol. The van der Waals surface area contributed by atoms with Crippen LogP contribution in [0.2, 0.25) is 0 Å². The van der Waals surface area contributed by atoms with Gasteiger partial charge < -0.3 is 8.98 Å². The van der Waals surface area contributed by atoms with Gasteiger partial charge in [0.1, 0.15) is 11.2 Å². The molecule has 12 rings (SSSR count). The van der Waals surface area contributed by atoms with E-state index in [9.17, 15) is 0 Å². The van der Waals surface area contributed by atoms with Gasteiger partial charge in [0.2, 0.25) is 0 Å². The quantitative estimate of drug-likeness (QED) is 0.176. The molecule has 5 nitrogen and oxygen atoms in total. The van der Waals surface area contributed by atoms with Crippen LogP contribution in [0.4, 0.5) is 0 Å². The van der Waals surface area contributed by atoms with E-state index in [1.165, 1.54) is 30.9 Å². The number of furan rings is 1. The molecule has 12 aromatic rings. The number of benzene rings is 8. The molecule has 0 aliphatic rings. The van der Waals surface area contributed by atoms with Crippen molar-refractivity contribution in [1.82, 2.24) is 19.5 Å². The molecule has 57 heavy (non-hydrogen) atoms.